The monoisotopic (exact) mass is 377 g/mol. The molecule has 0 radical (unpaired) electrons. The summed E-state index contributed by atoms with van der Waals surface area (Å²) < 4.78 is 39.5. The van der Waals surface area contributed by atoms with Gasteiger partial charge in [0.2, 0.25) is 0 Å². The van der Waals surface area contributed by atoms with Gasteiger partial charge in [-0.05, 0) is 30.3 Å². The number of aromatic hydroxyl groups is 1. The molecule has 2 heterocycles. The minimum atomic E-state index is -4.59. The van der Waals surface area contributed by atoms with Crippen LogP contribution in [-0.4, -0.2) is 25.8 Å². The summed E-state index contributed by atoms with van der Waals surface area (Å²) in [6, 6.07) is 9.69. The van der Waals surface area contributed by atoms with Gasteiger partial charge in [-0.25, -0.2) is 4.98 Å². The minimum absolute atomic E-state index is 0.0577. The Hall–Kier alpha value is -3.56. The molecule has 10 heteroatoms. The summed E-state index contributed by atoms with van der Waals surface area (Å²) in [7, 11) is 1.35. The lowest BCUT2D eigenvalue weighted by molar-refractivity contribution is -0.141. The SMILES string of the molecule is Cn1nc(C(F)(F)F)cc1-c1ccc(C(=O)Nc2ccccc2O)nc1N. The fourth-order valence-corrected chi connectivity index (χ4v) is 2.44. The number of carbonyl (C=O) groups is 1. The summed E-state index contributed by atoms with van der Waals surface area (Å²) in [6.45, 7) is 0. The molecule has 0 aliphatic carbocycles. The maximum atomic E-state index is 12.8. The van der Waals surface area contributed by atoms with E-state index in [0.29, 0.717) is 0 Å². The Morgan fingerprint density at radius 3 is 2.52 bits per heavy atom. The molecule has 0 atom stereocenters. The molecule has 4 N–H and O–H groups in total. The van der Waals surface area contributed by atoms with Gasteiger partial charge >= 0.3 is 6.18 Å². The Bertz CT molecular complexity index is 1010. The Balaban J connectivity index is 1.89. The third kappa shape index (κ3) is 3.68. The molecule has 0 aliphatic rings. The van der Waals surface area contributed by atoms with E-state index in [1.807, 2.05) is 0 Å². The fourth-order valence-electron chi connectivity index (χ4n) is 2.44. The number of rotatable bonds is 3. The van der Waals surface area contributed by atoms with E-state index in [4.69, 9.17) is 5.73 Å². The van der Waals surface area contributed by atoms with E-state index in [2.05, 4.69) is 15.4 Å². The molecule has 1 amide bonds. The highest BCUT2D eigenvalue weighted by Gasteiger charge is 2.35. The molecular weight excluding hydrogens is 363 g/mol. The summed E-state index contributed by atoms with van der Waals surface area (Å²) in [5.74, 6) is -0.877. The van der Waals surface area contributed by atoms with Crippen LogP contribution in [0, 0.1) is 0 Å². The molecule has 0 saturated heterocycles. The van der Waals surface area contributed by atoms with E-state index in [9.17, 15) is 23.1 Å². The van der Waals surface area contributed by atoms with Crippen LogP contribution in [0.25, 0.3) is 11.3 Å². The van der Waals surface area contributed by atoms with Crippen molar-refractivity contribution in [1.82, 2.24) is 14.8 Å². The van der Waals surface area contributed by atoms with Gasteiger partial charge in [-0.15, -0.1) is 0 Å². The van der Waals surface area contributed by atoms with Crippen molar-refractivity contribution in [3.63, 3.8) is 0 Å². The van der Waals surface area contributed by atoms with Gasteiger partial charge < -0.3 is 16.2 Å². The highest BCUT2D eigenvalue weighted by molar-refractivity contribution is 6.04. The van der Waals surface area contributed by atoms with E-state index in [1.54, 1.807) is 12.1 Å². The van der Waals surface area contributed by atoms with E-state index in [-0.39, 0.29) is 34.2 Å². The van der Waals surface area contributed by atoms with E-state index in [0.717, 1.165) is 10.7 Å². The summed E-state index contributed by atoms with van der Waals surface area (Å²) in [4.78, 5) is 16.2. The zero-order valence-electron chi connectivity index (χ0n) is 13.9. The molecular formula is C17H14F3N5O2. The second kappa shape index (κ2) is 6.63. The molecule has 140 valence electrons. The number of aryl methyl sites for hydroxylation is 1. The van der Waals surface area contributed by atoms with Crippen molar-refractivity contribution in [3.05, 3.63) is 53.9 Å². The molecule has 0 fully saturated rings. The van der Waals surface area contributed by atoms with Gasteiger partial charge in [0.05, 0.1) is 11.4 Å². The second-order valence-electron chi connectivity index (χ2n) is 5.64. The third-order valence-corrected chi connectivity index (χ3v) is 3.76. The molecule has 0 saturated carbocycles. The normalized spacial score (nSPS) is 11.4. The Morgan fingerprint density at radius 1 is 1.22 bits per heavy atom. The number of halogens is 3. The summed E-state index contributed by atoms with van der Waals surface area (Å²) in [6.07, 6.45) is -4.59. The molecule has 7 nitrogen and oxygen atoms in total. The zero-order valence-corrected chi connectivity index (χ0v) is 13.9. The first kappa shape index (κ1) is 18.2. The van der Waals surface area contributed by atoms with Crippen LogP contribution >= 0.6 is 0 Å². The zero-order chi connectivity index (χ0) is 19.8. The number of anilines is 2. The van der Waals surface area contributed by atoms with E-state index in [1.165, 1.54) is 31.3 Å². The number of phenols is 1. The number of para-hydroxylation sites is 2. The number of nitrogen functional groups attached to an aromatic ring is 1. The Labute approximate surface area is 151 Å². The second-order valence-corrected chi connectivity index (χ2v) is 5.64. The van der Waals surface area contributed by atoms with E-state index < -0.39 is 17.8 Å². The molecule has 0 spiro atoms. The van der Waals surface area contributed by atoms with Crippen LogP contribution in [-0.2, 0) is 13.2 Å². The number of nitrogens with one attached hydrogen (secondary N) is 1. The van der Waals surface area contributed by atoms with Crippen molar-refractivity contribution in [2.24, 2.45) is 7.05 Å². The Morgan fingerprint density at radius 2 is 1.93 bits per heavy atom. The number of nitrogens with zero attached hydrogens (tertiary/aromatic N) is 3. The van der Waals surface area contributed by atoms with Crippen LogP contribution in [0.4, 0.5) is 24.7 Å². The Kier molecular flexibility index (Phi) is 4.48. The average Bonchev–Trinajstić information content (AvgIpc) is 2.99. The van der Waals surface area contributed by atoms with Crippen LogP contribution < -0.4 is 11.1 Å². The van der Waals surface area contributed by atoms with Gasteiger partial charge in [-0.1, -0.05) is 12.1 Å². The number of phenolic OH excluding ortho intramolecular Hbond substituents is 1. The summed E-state index contributed by atoms with van der Waals surface area (Å²) in [5.41, 5.74) is 5.23. The van der Waals surface area contributed by atoms with Gasteiger partial charge in [0.1, 0.15) is 17.3 Å². The van der Waals surface area contributed by atoms with Crippen molar-refractivity contribution >= 4 is 17.4 Å². The lowest BCUT2D eigenvalue weighted by Crippen LogP contribution is -2.15. The van der Waals surface area contributed by atoms with Crippen LogP contribution in [0.3, 0.4) is 0 Å². The van der Waals surface area contributed by atoms with Gasteiger partial charge in [-0.3, -0.25) is 9.48 Å². The first-order chi connectivity index (χ1) is 12.7. The van der Waals surface area contributed by atoms with Crippen LogP contribution in [0.2, 0.25) is 0 Å². The quantitative estimate of drug-likeness (QED) is 0.609. The molecule has 3 rings (SSSR count). The summed E-state index contributed by atoms with van der Waals surface area (Å²) >= 11 is 0. The van der Waals surface area contributed by atoms with Gasteiger partial charge in [-0.2, -0.15) is 18.3 Å². The standard InChI is InChI=1S/C17H14F3N5O2/c1-25-12(8-14(24-25)17(18,19)20)9-6-7-11(22-15(9)21)16(27)23-10-4-2-3-5-13(10)26/h2-8,26H,1H3,(H2,21,22)(H,23,27). The molecule has 3 aromatic rings. The number of hydrogen-bond donors (Lipinski definition) is 3. The van der Waals surface area contributed by atoms with Crippen molar-refractivity contribution in [2.45, 2.75) is 6.18 Å². The lowest BCUT2D eigenvalue weighted by atomic mass is 10.1. The number of pyridine rings is 1. The number of hydrogen-bond acceptors (Lipinski definition) is 5. The minimum Gasteiger partial charge on any atom is -0.506 e. The molecule has 1 aromatic carbocycles. The largest absolute Gasteiger partial charge is 0.506 e. The van der Waals surface area contributed by atoms with Gasteiger partial charge in [0.25, 0.3) is 5.91 Å². The molecule has 27 heavy (non-hydrogen) atoms. The maximum Gasteiger partial charge on any atom is 0.435 e. The predicted octanol–water partition coefficient (Wildman–Crippen LogP) is 3.04. The number of carbonyl (C=O) groups excluding carboxylic acids is 1. The number of amides is 1. The van der Waals surface area contributed by atoms with Gasteiger partial charge in [0.15, 0.2) is 5.69 Å². The first-order valence-electron chi connectivity index (χ1n) is 7.64. The number of benzene rings is 1. The predicted molar refractivity (Wildman–Crippen MR) is 91.9 cm³/mol. The van der Waals surface area contributed by atoms with Crippen LogP contribution in [0.15, 0.2) is 42.5 Å². The number of aromatic nitrogens is 3. The highest BCUT2D eigenvalue weighted by atomic mass is 19.4. The van der Waals surface area contributed by atoms with E-state index >= 15 is 0 Å². The maximum absolute atomic E-state index is 12.8. The lowest BCUT2D eigenvalue weighted by Gasteiger charge is -2.09. The first-order valence-corrected chi connectivity index (χ1v) is 7.64. The number of nitrogens with two attached hydrogens (primary N) is 1. The van der Waals surface area contributed by atoms with Crippen molar-refractivity contribution < 1.29 is 23.1 Å². The van der Waals surface area contributed by atoms with Crippen molar-refractivity contribution in [1.29, 1.82) is 0 Å². The van der Waals surface area contributed by atoms with Crippen molar-refractivity contribution in [3.8, 4) is 17.0 Å². The van der Waals surface area contributed by atoms with Gasteiger partial charge in [0, 0.05) is 12.6 Å². The highest BCUT2D eigenvalue weighted by Crippen LogP contribution is 2.33. The van der Waals surface area contributed by atoms with Crippen molar-refractivity contribution in [2.75, 3.05) is 11.1 Å². The van der Waals surface area contributed by atoms with Crippen LogP contribution in [0.1, 0.15) is 16.2 Å². The summed E-state index contributed by atoms with van der Waals surface area (Å²) in [5, 5.41) is 15.6. The number of alkyl halides is 3. The third-order valence-electron chi connectivity index (χ3n) is 3.76. The average molecular weight is 377 g/mol. The van der Waals surface area contributed by atoms with Crippen LogP contribution in [0.5, 0.6) is 5.75 Å². The smallest absolute Gasteiger partial charge is 0.435 e. The topological polar surface area (TPSA) is 106 Å². The molecule has 0 aliphatic heterocycles. The molecule has 0 unspecified atom stereocenters. The molecule has 0 bridgehead atoms. The fraction of sp³-hybridized carbons (Fsp3) is 0.118. The molecule has 2 aromatic heterocycles.